The normalized spacial score (nSPS) is 18.9. The SMILES string of the molecule is CS(=O)(=O)Nc1ccc(Cl)cc1C(=O)N1CCCC[C@H]1c1cn2nc(N3CCC3)ccc2n1. The standard InChI is InChI=1S/C22H25ClN6O3S/c1-33(31,32)26-17-7-6-15(23)13-16(17)22(30)28-12-3-2-5-19(28)18-14-29-20(24-18)8-9-21(25-29)27-10-4-11-27/h6-9,13-14,19,26H,2-5,10-12H2,1H3/t19-/m0/s1. The molecule has 1 atom stereocenters. The van der Waals surface area contributed by atoms with Gasteiger partial charge in [-0.1, -0.05) is 11.6 Å². The van der Waals surface area contributed by atoms with E-state index in [0.717, 1.165) is 55.8 Å². The van der Waals surface area contributed by atoms with Crippen LogP contribution in [0.5, 0.6) is 0 Å². The van der Waals surface area contributed by atoms with Crippen LogP contribution in [0.2, 0.25) is 5.02 Å². The van der Waals surface area contributed by atoms with Crippen LogP contribution in [0.3, 0.4) is 0 Å². The maximum Gasteiger partial charge on any atom is 0.256 e. The van der Waals surface area contributed by atoms with E-state index in [1.165, 1.54) is 18.6 Å². The third-order valence-corrected chi connectivity index (χ3v) is 6.94. The van der Waals surface area contributed by atoms with E-state index in [-0.39, 0.29) is 23.2 Å². The molecule has 0 unspecified atom stereocenters. The van der Waals surface area contributed by atoms with E-state index < -0.39 is 10.0 Å². The maximum absolute atomic E-state index is 13.6. The molecule has 1 amide bonds. The van der Waals surface area contributed by atoms with E-state index in [9.17, 15) is 13.2 Å². The number of hydrogen-bond donors (Lipinski definition) is 1. The first-order valence-corrected chi connectivity index (χ1v) is 13.2. The molecule has 2 aliphatic rings. The first kappa shape index (κ1) is 22.0. The predicted molar refractivity (Wildman–Crippen MR) is 127 cm³/mol. The summed E-state index contributed by atoms with van der Waals surface area (Å²) < 4.78 is 27.9. The summed E-state index contributed by atoms with van der Waals surface area (Å²) in [6.45, 7) is 2.57. The first-order valence-electron chi connectivity index (χ1n) is 11.0. The van der Waals surface area contributed by atoms with Crippen molar-refractivity contribution in [2.45, 2.75) is 31.7 Å². The molecule has 0 bridgehead atoms. The molecule has 9 nitrogen and oxygen atoms in total. The van der Waals surface area contributed by atoms with E-state index in [4.69, 9.17) is 16.6 Å². The maximum atomic E-state index is 13.6. The van der Waals surface area contributed by atoms with Gasteiger partial charge < -0.3 is 9.80 Å². The van der Waals surface area contributed by atoms with Gasteiger partial charge >= 0.3 is 0 Å². The third-order valence-electron chi connectivity index (χ3n) is 6.12. The van der Waals surface area contributed by atoms with Gasteiger partial charge in [-0.05, 0) is 56.0 Å². The van der Waals surface area contributed by atoms with Gasteiger partial charge in [0, 0.05) is 24.7 Å². The minimum atomic E-state index is -3.56. The number of piperidine rings is 1. The summed E-state index contributed by atoms with van der Waals surface area (Å²) in [5.74, 6) is 0.643. The molecule has 1 N–H and O–H groups in total. The van der Waals surface area contributed by atoms with Crippen LogP contribution in [0.25, 0.3) is 5.65 Å². The van der Waals surface area contributed by atoms with Gasteiger partial charge in [-0.3, -0.25) is 9.52 Å². The second kappa shape index (κ2) is 8.49. The number of nitrogens with zero attached hydrogens (tertiary/aromatic N) is 5. The van der Waals surface area contributed by atoms with Crippen molar-refractivity contribution in [3.8, 4) is 0 Å². The number of aromatic nitrogens is 3. The van der Waals surface area contributed by atoms with Crippen LogP contribution < -0.4 is 9.62 Å². The summed E-state index contributed by atoms with van der Waals surface area (Å²) in [6.07, 6.45) is 6.72. The van der Waals surface area contributed by atoms with Crippen molar-refractivity contribution in [2.24, 2.45) is 0 Å². The van der Waals surface area contributed by atoms with Gasteiger partial charge in [0.2, 0.25) is 10.0 Å². The van der Waals surface area contributed by atoms with Crippen LogP contribution in [0.15, 0.2) is 36.5 Å². The molecule has 0 aliphatic carbocycles. The Morgan fingerprint density at radius 2 is 1.94 bits per heavy atom. The molecule has 0 saturated carbocycles. The minimum absolute atomic E-state index is 0.215. The Labute approximate surface area is 197 Å². The van der Waals surface area contributed by atoms with Gasteiger partial charge in [0.25, 0.3) is 5.91 Å². The summed E-state index contributed by atoms with van der Waals surface area (Å²) in [5.41, 5.74) is 1.94. The lowest BCUT2D eigenvalue weighted by Gasteiger charge is -2.35. The third kappa shape index (κ3) is 4.49. The van der Waals surface area contributed by atoms with Crippen LogP contribution >= 0.6 is 11.6 Å². The highest BCUT2D eigenvalue weighted by Crippen LogP contribution is 2.34. The zero-order valence-corrected chi connectivity index (χ0v) is 19.8. The van der Waals surface area contributed by atoms with E-state index in [1.807, 2.05) is 18.3 Å². The fraction of sp³-hybridized carbons (Fsp3) is 0.409. The fourth-order valence-electron chi connectivity index (χ4n) is 4.38. The topological polar surface area (TPSA) is 99.9 Å². The van der Waals surface area contributed by atoms with Gasteiger partial charge in [-0.25, -0.2) is 17.9 Å². The van der Waals surface area contributed by atoms with Crippen molar-refractivity contribution in [3.05, 3.63) is 52.8 Å². The molecule has 0 spiro atoms. The van der Waals surface area contributed by atoms with Gasteiger partial charge in [0.15, 0.2) is 5.65 Å². The molecule has 1 aromatic carbocycles. The van der Waals surface area contributed by atoms with Crippen LogP contribution in [-0.4, -0.2) is 59.7 Å². The Morgan fingerprint density at radius 3 is 2.67 bits per heavy atom. The highest BCUT2D eigenvalue weighted by atomic mass is 35.5. The summed E-state index contributed by atoms with van der Waals surface area (Å²) in [4.78, 5) is 22.4. The van der Waals surface area contributed by atoms with E-state index in [0.29, 0.717) is 11.6 Å². The molecule has 33 heavy (non-hydrogen) atoms. The molecule has 3 aromatic rings. The van der Waals surface area contributed by atoms with Crippen LogP contribution in [0, 0.1) is 0 Å². The van der Waals surface area contributed by atoms with Crippen molar-refractivity contribution >= 4 is 44.7 Å². The summed E-state index contributed by atoms with van der Waals surface area (Å²) >= 11 is 6.16. The number of nitrogens with one attached hydrogen (secondary N) is 1. The van der Waals surface area contributed by atoms with E-state index >= 15 is 0 Å². The second-order valence-electron chi connectivity index (χ2n) is 8.57. The number of anilines is 2. The number of carbonyl (C=O) groups is 1. The zero-order valence-electron chi connectivity index (χ0n) is 18.2. The van der Waals surface area contributed by atoms with Gasteiger partial charge in [-0.15, -0.1) is 5.10 Å². The Balaban J connectivity index is 1.48. The molecule has 174 valence electrons. The highest BCUT2D eigenvalue weighted by molar-refractivity contribution is 7.92. The number of amides is 1. The van der Waals surface area contributed by atoms with Gasteiger partial charge in [0.05, 0.1) is 35.4 Å². The Morgan fingerprint density at radius 1 is 1.12 bits per heavy atom. The number of imidazole rings is 1. The number of halogens is 1. The molecule has 4 heterocycles. The average molecular weight is 489 g/mol. The molecule has 2 fully saturated rings. The zero-order chi connectivity index (χ0) is 23.2. The van der Waals surface area contributed by atoms with Gasteiger partial charge in [-0.2, -0.15) is 0 Å². The quantitative estimate of drug-likeness (QED) is 0.591. The van der Waals surface area contributed by atoms with Crippen molar-refractivity contribution < 1.29 is 13.2 Å². The monoisotopic (exact) mass is 488 g/mol. The lowest BCUT2D eigenvalue weighted by atomic mass is 9.98. The van der Waals surface area contributed by atoms with Crippen molar-refractivity contribution in [3.63, 3.8) is 0 Å². The molecule has 5 rings (SSSR count). The number of likely N-dealkylation sites (tertiary alicyclic amines) is 1. The Bertz CT molecular complexity index is 1320. The summed E-state index contributed by atoms with van der Waals surface area (Å²) in [5, 5.41) is 5.05. The Hall–Kier alpha value is -2.85. The number of rotatable bonds is 5. The number of benzene rings is 1. The number of fused-ring (bicyclic) bond motifs is 1. The molecular weight excluding hydrogens is 464 g/mol. The lowest BCUT2D eigenvalue weighted by molar-refractivity contribution is 0.0608. The number of carbonyl (C=O) groups excluding carboxylic acids is 1. The smallest absolute Gasteiger partial charge is 0.256 e. The summed E-state index contributed by atoms with van der Waals surface area (Å²) in [6, 6.07) is 8.28. The van der Waals surface area contributed by atoms with E-state index in [1.54, 1.807) is 15.5 Å². The number of sulfonamides is 1. The molecule has 2 aromatic heterocycles. The van der Waals surface area contributed by atoms with Crippen molar-refractivity contribution in [2.75, 3.05) is 35.5 Å². The summed E-state index contributed by atoms with van der Waals surface area (Å²) in [7, 11) is -3.56. The molecule has 2 aliphatic heterocycles. The minimum Gasteiger partial charge on any atom is -0.355 e. The van der Waals surface area contributed by atoms with Gasteiger partial charge in [0.1, 0.15) is 5.82 Å². The van der Waals surface area contributed by atoms with Crippen LogP contribution in [0.1, 0.15) is 47.8 Å². The van der Waals surface area contributed by atoms with Crippen molar-refractivity contribution in [1.82, 2.24) is 19.5 Å². The second-order valence-corrected chi connectivity index (χ2v) is 10.8. The Kier molecular flexibility index (Phi) is 5.65. The fourth-order valence-corrected chi connectivity index (χ4v) is 5.13. The van der Waals surface area contributed by atoms with E-state index in [2.05, 4.69) is 14.7 Å². The highest BCUT2D eigenvalue weighted by Gasteiger charge is 2.32. The van der Waals surface area contributed by atoms with Crippen LogP contribution in [0.4, 0.5) is 11.5 Å². The largest absolute Gasteiger partial charge is 0.355 e. The molecular formula is C22H25ClN6O3S. The van der Waals surface area contributed by atoms with Crippen LogP contribution in [-0.2, 0) is 10.0 Å². The number of hydrogen-bond acceptors (Lipinski definition) is 6. The van der Waals surface area contributed by atoms with Crippen molar-refractivity contribution in [1.29, 1.82) is 0 Å². The lowest BCUT2D eigenvalue weighted by Crippen LogP contribution is -2.39. The molecule has 2 saturated heterocycles. The average Bonchev–Trinajstić information content (AvgIpc) is 3.16. The first-order chi connectivity index (χ1) is 15.8. The molecule has 0 radical (unpaired) electrons. The molecule has 11 heteroatoms. The predicted octanol–water partition coefficient (Wildman–Crippen LogP) is 3.33.